The summed E-state index contributed by atoms with van der Waals surface area (Å²) in [6.07, 6.45) is 0. The third kappa shape index (κ3) is 4.29. The molecule has 2 aromatic carbocycles. The Morgan fingerprint density at radius 1 is 1.14 bits per heavy atom. The van der Waals surface area contributed by atoms with Crippen LogP contribution in [0, 0.1) is 0 Å². The van der Waals surface area contributed by atoms with E-state index in [1.807, 2.05) is 43.3 Å². The molecule has 0 saturated heterocycles. The van der Waals surface area contributed by atoms with Crippen molar-refractivity contribution in [1.82, 2.24) is 0 Å². The van der Waals surface area contributed by atoms with Crippen LogP contribution in [0.5, 0.6) is 11.5 Å². The molecule has 0 fully saturated rings. The number of hydrogen-bond donors (Lipinski definition) is 1. The topological polar surface area (TPSA) is 30.5 Å². The highest BCUT2D eigenvalue weighted by Crippen LogP contribution is 2.30. The fraction of sp³-hybridized carbons (Fsp3) is 0.250. The molecule has 0 aliphatic carbocycles. The number of nitrogens with one attached hydrogen (secondary N) is 1. The minimum Gasteiger partial charge on any atom is -0.493 e. The Morgan fingerprint density at radius 2 is 1.95 bits per heavy atom. The van der Waals surface area contributed by atoms with Crippen LogP contribution in [-0.4, -0.2) is 13.7 Å². The van der Waals surface area contributed by atoms with Crippen molar-refractivity contribution in [2.24, 2.45) is 0 Å². The Hall–Kier alpha value is -1.39. The zero-order chi connectivity index (χ0) is 15.2. The van der Waals surface area contributed by atoms with Gasteiger partial charge in [-0.1, -0.05) is 27.5 Å². The molecule has 2 aromatic rings. The SMILES string of the molecule is CCOc1ccc(NCc2cc(Br)ccc2Cl)cc1OC. The molecule has 1 N–H and O–H groups in total. The predicted molar refractivity (Wildman–Crippen MR) is 90.6 cm³/mol. The summed E-state index contributed by atoms with van der Waals surface area (Å²) in [7, 11) is 1.63. The number of rotatable bonds is 6. The molecule has 112 valence electrons. The van der Waals surface area contributed by atoms with Gasteiger partial charge in [-0.15, -0.1) is 0 Å². The first-order valence-electron chi connectivity index (χ1n) is 6.62. The van der Waals surface area contributed by atoms with Crippen LogP contribution in [0.2, 0.25) is 5.02 Å². The lowest BCUT2D eigenvalue weighted by atomic mass is 10.2. The van der Waals surface area contributed by atoms with Gasteiger partial charge >= 0.3 is 0 Å². The number of methoxy groups -OCH3 is 1. The summed E-state index contributed by atoms with van der Waals surface area (Å²) >= 11 is 9.63. The average molecular weight is 371 g/mol. The van der Waals surface area contributed by atoms with Crippen LogP contribution in [-0.2, 0) is 6.54 Å². The molecule has 0 aromatic heterocycles. The van der Waals surface area contributed by atoms with Crippen molar-refractivity contribution in [3.05, 3.63) is 51.5 Å². The highest BCUT2D eigenvalue weighted by Gasteiger charge is 2.06. The van der Waals surface area contributed by atoms with E-state index in [2.05, 4.69) is 21.2 Å². The fourth-order valence-electron chi connectivity index (χ4n) is 1.93. The summed E-state index contributed by atoms with van der Waals surface area (Å²) in [6.45, 7) is 3.19. The van der Waals surface area contributed by atoms with E-state index >= 15 is 0 Å². The summed E-state index contributed by atoms with van der Waals surface area (Å²) in [6, 6.07) is 11.6. The third-order valence-electron chi connectivity index (χ3n) is 2.95. The molecule has 0 saturated carbocycles. The molecule has 0 heterocycles. The Morgan fingerprint density at radius 3 is 2.67 bits per heavy atom. The van der Waals surface area contributed by atoms with Crippen molar-refractivity contribution in [2.45, 2.75) is 13.5 Å². The van der Waals surface area contributed by atoms with E-state index in [9.17, 15) is 0 Å². The summed E-state index contributed by atoms with van der Waals surface area (Å²) in [5.74, 6) is 1.45. The minimum absolute atomic E-state index is 0.608. The molecule has 0 atom stereocenters. The zero-order valence-corrected chi connectivity index (χ0v) is 14.3. The second kappa shape index (κ2) is 7.57. The predicted octanol–water partition coefficient (Wildman–Crippen LogP) is 5.12. The maximum absolute atomic E-state index is 6.18. The Labute approximate surface area is 138 Å². The van der Waals surface area contributed by atoms with Crippen molar-refractivity contribution < 1.29 is 9.47 Å². The first-order chi connectivity index (χ1) is 10.1. The van der Waals surface area contributed by atoms with Crippen LogP contribution >= 0.6 is 27.5 Å². The van der Waals surface area contributed by atoms with Crippen LogP contribution in [0.1, 0.15) is 12.5 Å². The van der Waals surface area contributed by atoms with Crippen molar-refractivity contribution in [2.75, 3.05) is 19.0 Å². The fourth-order valence-corrected chi connectivity index (χ4v) is 2.52. The second-order valence-corrected chi connectivity index (χ2v) is 5.71. The molecule has 3 nitrogen and oxygen atoms in total. The maximum atomic E-state index is 6.18. The quantitative estimate of drug-likeness (QED) is 0.765. The van der Waals surface area contributed by atoms with Gasteiger partial charge in [0.15, 0.2) is 11.5 Å². The number of hydrogen-bond acceptors (Lipinski definition) is 3. The lowest BCUT2D eigenvalue weighted by Gasteiger charge is -2.13. The van der Waals surface area contributed by atoms with Crippen LogP contribution in [0.25, 0.3) is 0 Å². The third-order valence-corrected chi connectivity index (χ3v) is 3.82. The molecule has 21 heavy (non-hydrogen) atoms. The monoisotopic (exact) mass is 369 g/mol. The van der Waals surface area contributed by atoms with E-state index in [0.717, 1.165) is 26.5 Å². The van der Waals surface area contributed by atoms with Crippen LogP contribution in [0.3, 0.4) is 0 Å². The smallest absolute Gasteiger partial charge is 0.162 e. The van der Waals surface area contributed by atoms with E-state index in [1.165, 1.54) is 0 Å². The summed E-state index contributed by atoms with van der Waals surface area (Å²) in [5.41, 5.74) is 1.98. The second-order valence-electron chi connectivity index (χ2n) is 4.39. The van der Waals surface area contributed by atoms with E-state index in [4.69, 9.17) is 21.1 Å². The van der Waals surface area contributed by atoms with Crippen LogP contribution in [0.15, 0.2) is 40.9 Å². The summed E-state index contributed by atoms with van der Waals surface area (Å²) in [5, 5.41) is 4.07. The molecule has 0 radical (unpaired) electrons. The highest BCUT2D eigenvalue weighted by atomic mass is 79.9. The minimum atomic E-state index is 0.608. The lowest BCUT2D eigenvalue weighted by molar-refractivity contribution is 0.311. The summed E-state index contributed by atoms with van der Waals surface area (Å²) in [4.78, 5) is 0. The van der Waals surface area contributed by atoms with Gasteiger partial charge in [0.1, 0.15) is 0 Å². The van der Waals surface area contributed by atoms with Gasteiger partial charge < -0.3 is 14.8 Å². The molecule has 0 aliphatic rings. The molecule has 0 aliphatic heterocycles. The van der Waals surface area contributed by atoms with E-state index in [1.54, 1.807) is 7.11 Å². The Bertz CT molecular complexity index is 619. The van der Waals surface area contributed by atoms with Gasteiger partial charge in [-0.25, -0.2) is 0 Å². The number of anilines is 1. The largest absolute Gasteiger partial charge is 0.493 e. The van der Waals surface area contributed by atoms with Gasteiger partial charge in [-0.2, -0.15) is 0 Å². The van der Waals surface area contributed by atoms with Gasteiger partial charge in [0.05, 0.1) is 13.7 Å². The molecule has 5 heteroatoms. The van der Waals surface area contributed by atoms with E-state index in [0.29, 0.717) is 18.9 Å². The molecule has 0 unspecified atom stereocenters. The van der Waals surface area contributed by atoms with Gasteiger partial charge in [-0.3, -0.25) is 0 Å². The first kappa shape index (κ1) is 16.0. The van der Waals surface area contributed by atoms with Crippen LogP contribution in [0.4, 0.5) is 5.69 Å². The zero-order valence-electron chi connectivity index (χ0n) is 12.0. The summed E-state index contributed by atoms with van der Waals surface area (Å²) < 4.78 is 11.8. The number of halogens is 2. The number of benzene rings is 2. The van der Waals surface area contributed by atoms with Gasteiger partial charge in [0.25, 0.3) is 0 Å². The van der Waals surface area contributed by atoms with Crippen LogP contribution < -0.4 is 14.8 Å². The molecule has 0 bridgehead atoms. The normalized spacial score (nSPS) is 10.3. The van der Waals surface area contributed by atoms with Crippen molar-refractivity contribution in [3.8, 4) is 11.5 Å². The highest BCUT2D eigenvalue weighted by molar-refractivity contribution is 9.10. The van der Waals surface area contributed by atoms with E-state index in [-0.39, 0.29) is 0 Å². The Balaban J connectivity index is 2.11. The van der Waals surface area contributed by atoms with Crippen molar-refractivity contribution in [1.29, 1.82) is 0 Å². The molecule has 0 spiro atoms. The first-order valence-corrected chi connectivity index (χ1v) is 7.79. The van der Waals surface area contributed by atoms with Crippen molar-refractivity contribution >= 4 is 33.2 Å². The van der Waals surface area contributed by atoms with E-state index < -0.39 is 0 Å². The van der Waals surface area contributed by atoms with Crippen molar-refractivity contribution in [3.63, 3.8) is 0 Å². The van der Waals surface area contributed by atoms with Gasteiger partial charge in [0, 0.05) is 27.8 Å². The van der Waals surface area contributed by atoms with Gasteiger partial charge in [-0.05, 0) is 42.8 Å². The maximum Gasteiger partial charge on any atom is 0.162 e. The molecular weight excluding hydrogens is 354 g/mol. The number of ether oxygens (including phenoxy) is 2. The lowest BCUT2D eigenvalue weighted by Crippen LogP contribution is -2.01. The molecular formula is C16H17BrClNO2. The molecule has 2 rings (SSSR count). The molecule has 0 amide bonds. The Kier molecular flexibility index (Phi) is 5.76. The average Bonchev–Trinajstić information content (AvgIpc) is 2.49. The standard InChI is InChI=1S/C16H17BrClNO2/c1-3-21-15-7-5-13(9-16(15)20-2)19-10-11-8-12(17)4-6-14(11)18/h4-9,19H,3,10H2,1-2H3. The van der Waals surface area contributed by atoms with Gasteiger partial charge in [0.2, 0.25) is 0 Å².